The SMILES string of the molecule is C=C(Cl)COc1c(OC)cc(CNCC(C)C)cc1OC. The van der Waals surface area contributed by atoms with Crippen LogP contribution in [-0.4, -0.2) is 27.4 Å². The van der Waals surface area contributed by atoms with Crippen molar-refractivity contribution in [2.75, 3.05) is 27.4 Å². The molecule has 0 bridgehead atoms. The zero-order valence-corrected chi connectivity index (χ0v) is 13.9. The van der Waals surface area contributed by atoms with Crippen LogP contribution in [0.15, 0.2) is 23.7 Å². The highest BCUT2D eigenvalue weighted by Gasteiger charge is 2.14. The van der Waals surface area contributed by atoms with Crippen molar-refractivity contribution in [3.05, 3.63) is 29.3 Å². The van der Waals surface area contributed by atoms with Gasteiger partial charge in [0.25, 0.3) is 0 Å². The molecule has 1 aromatic carbocycles. The highest BCUT2D eigenvalue weighted by Crippen LogP contribution is 2.38. The average Bonchev–Trinajstić information content (AvgIpc) is 2.44. The van der Waals surface area contributed by atoms with Gasteiger partial charge < -0.3 is 19.5 Å². The lowest BCUT2D eigenvalue weighted by Crippen LogP contribution is -2.19. The van der Waals surface area contributed by atoms with Crippen molar-refractivity contribution in [1.29, 1.82) is 0 Å². The molecule has 0 radical (unpaired) electrons. The van der Waals surface area contributed by atoms with E-state index in [0.717, 1.165) is 18.7 Å². The summed E-state index contributed by atoms with van der Waals surface area (Å²) in [5.41, 5.74) is 1.07. The third-order valence-corrected chi connectivity index (χ3v) is 2.88. The van der Waals surface area contributed by atoms with Gasteiger partial charge in [-0.15, -0.1) is 0 Å². The Bertz CT molecular complexity index is 450. The summed E-state index contributed by atoms with van der Waals surface area (Å²) in [5, 5.41) is 3.80. The van der Waals surface area contributed by atoms with E-state index in [2.05, 4.69) is 25.7 Å². The summed E-state index contributed by atoms with van der Waals surface area (Å²) >= 11 is 5.74. The number of hydrogen-bond donors (Lipinski definition) is 1. The molecule has 0 aromatic heterocycles. The third-order valence-electron chi connectivity index (χ3n) is 2.78. The molecule has 1 rings (SSSR count). The predicted molar refractivity (Wildman–Crippen MR) is 86.6 cm³/mol. The van der Waals surface area contributed by atoms with E-state index in [0.29, 0.717) is 28.2 Å². The maximum Gasteiger partial charge on any atom is 0.203 e. The molecule has 0 atom stereocenters. The minimum absolute atomic E-state index is 0.208. The third kappa shape index (κ3) is 5.86. The smallest absolute Gasteiger partial charge is 0.203 e. The van der Waals surface area contributed by atoms with Gasteiger partial charge >= 0.3 is 0 Å². The highest BCUT2D eigenvalue weighted by molar-refractivity contribution is 6.29. The monoisotopic (exact) mass is 313 g/mol. The maximum absolute atomic E-state index is 5.74. The number of benzene rings is 1. The largest absolute Gasteiger partial charge is 0.493 e. The van der Waals surface area contributed by atoms with Crippen LogP contribution in [0.4, 0.5) is 0 Å². The molecule has 0 heterocycles. The Morgan fingerprint density at radius 3 is 2.24 bits per heavy atom. The van der Waals surface area contributed by atoms with Gasteiger partial charge in [0.15, 0.2) is 11.5 Å². The molecule has 0 spiro atoms. The topological polar surface area (TPSA) is 39.7 Å². The van der Waals surface area contributed by atoms with E-state index < -0.39 is 0 Å². The molecule has 0 unspecified atom stereocenters. The average molecular weight is 314 g/mol. The zero-order valence-electron chi connectivity index (χ0n) is 13.2. The number of ether oxygens (including phenoxy) is 3. The lowest BCUT2D eigenvalue weighted by atomic mass is 10.1. The van der Waals surface area contributed by atoms with E-state index in [1.54, 1.807) is 14.2 Å². The standard InChI is InChI=1S/C16H24ClNO3/c1-11(2)8-18-9-13-6-14(19-4)16(15(7-13)20-5)21-10-12(3)17/h6-7,11,18H,3,8-10H2,1-2,4-5H3. The van der Waals surface area contributed by atoms with E-state index in [9.17, 15) is 0 Å². The second-order valence-corrected chi connectivity index (χ2v) is 5.69. The van der Waals surface area contributed by atoms with Crippen molar-refractivity contribution >= 4 is 11.6 Å². The molecule has 4 nitrogen and oxygen atoms in total. The minimum atomic E-state index is 0.208. The van der Waals surface area contributed by atoms with Crippen LogP contribution < -0.4 is 19.5 Å². The van der Waals surface area contributed by atoms with Gasteiger partial charge in [-0.1, -0.05) is 32.0 Å². The Balaban J connectivity index is 2.91. The van der Waals surface area contributed by atoms with Crippen molar-refractivity contribution in [3.63, 3.8) is 0 Å². The van der Waals surface area contributed by atoms with Crippen LogP contribution in [0.5, 0.6) is 17.2 Å². The van der Waals surface area contributed by atoms with Gasteiger partial charge in [0.2, 0.25) is 5.75 Å². The van der Waals surface area contributed by atoms with Crippen LogP contribution >= 0.6 is 11.6 Å². The summed E-state index contributed by atoms with van der Waals surface area (Å²) in [5.74, 6) is 2.38. The summed E-state index contributed by atoms with van der Waals surface area (Å²) < 4.78 is 16.4. The minimum Gasteiger partial charge on any atom is -0.493 e. The molecule has 0 saturated carbocycles. The maximum atomic E-state index is 5.74. The van der Waals surface area contributed by atoms with Crippen molar-refractivity contribution in [2.24, 2.45) is 5.92 Å². The van der Waals surface area contributed by atoms with Crippen LogP contribution in [0.1, 0.15) is 19.4 Å². The lowest BCUT2D eigenvalue weighted by Gasteiger charge is -2.16. The second-order valence-electron chi connectivity index (χ2n) is 5.16. The first-order chi connectivity index (χ1) is 9.97. The molecule has 0 aliphatic carbocycles. The molecule has 21 heavy (non-hydrogen) atoms. The molecule has 0 amide bonds. The van der Waals surface area contributed by atoms with Gasteiger partial charge in [0.1, 0.15) is 6.61 Å². The fraction of sp³-hybridized carbons (Fsp3) is 0.500. The molecular formula is C16H24ClNO3. The first-order valence-corrected chi connectivity index (χ1v) is 7.27. The molecular weight excluding hydrogens is 290 g/mol. The number of methoxy groups -OCH3 is 2. The van der Waals surface area contributed by atoms with Crippen LogP contribution in [0.2, 0.25) is 0 Å². The van der Waals surface area contributed by atoms with E-state index in [4.69, 9.17) is 25.8 Å². The summed E-state index contributed by atoms with van der Waals surface area (Å²) in [4.78, 5) is 0. The van der Waals surface area contributed by atoms with E-state index in [1.165, 1.54) is 0 Å². The van der Waals surface area contributed by atoms with E-state index in [-0.39, 0.29) is 6.61 Å². The number of hydrogen-bond acceptors (Lipinski definition) is 4. The fourth-order valence-corrected chi connectivity index (χ4v) is 1.89. The Kier molecular flexibility index (Phi) is 7.40. The Labute approximate surface area is 132 Å². The quantitative estimate of drug-likeness (QED) is 0.756. The van der Waals surface area contributed by atoms with E-state index in [1.807, 2.05) is 12.1 Å². The number of rotatable bonds is 9. The first-order valence-electron chi connectivity index (χ1n) is 6.89. The molecule has 0 saturated heterocycles. The first kappa shape index (κ1) is 17.7. The van der Waals surface area contributed by atoms with Gasteiger partial charge in [-0.2, -0.15) is 0 Å². The second kappa shape index (κ2) is 8.80. The summed E-state index contributed by atoms with van der Waals surface area (Å²) in [7, 11) is 3.20. The summed E-state index contributed by atoms with van der Waals surface area (Å²) in [6.07, 6.45) is 0. The van der Waals surface area contributed by atoms with Gasteiger partial charge in [0.05, 0.1) is 14.2 Å². The van der Waals surface area contributed by atoms with Crippen LogP contribution in [-0.2, 0) is 6.54 Å². The van der Waals surface area contributed by atoms with Crippen molar-refractivity contribution in [3.8, 4) is 17.2 Å². The molecule has 0 fully saturated rings. The van der Waals surface area contributed by atoms with E-state index >= 15 is 0 Å². The van der Waals surface area contributed by atoms with Crippen molar-refractivity contribution in [1.82, 2.24) is 5.32 Å². The Hall–Kier alpha value is -1.39. The zero-order chi connectivity index (χ0) is 15.8. The summed E-state index contributed by atoms with van der Waals surface area (Å²) in [6, 6.07) is 3.87. The number of halogens is 1. The normalized spacial score (nSPS) is 10.6. The molecule has 0 aliphatic rings. The number of nitrogens with one attached hydrogen (secondary N) is 1. The van der Waals surface area contributed by atoms with Crippen LogP contribution in [0.3, 0.4) is 0 Å². The lowest BCUT2D eigenvalue weighted by molar-refractivity contribution is 0.298. The molecule has 0 aliphatic heterocycles. The van der Waals surface area contributed by atoms with Crippen LogP contribution in [0, 0.1) is 5.92 Å². The molecule has 118 valence electrons. The van der Waals surface area contributed by atoms with Crippen molar-refractivity contribution < 1.29 is 14.2 Å². The van der Waals surface area contributed by atoms with Crippen LogP contribution in [0.25, 0.3) is 0 Å². The highest BCUT2D eigenvalue weighted by atomic mass is 35.5. The van der Waals surface area contributed by atoms with Crippen molar-refractivity contribution in [2.45, 2.75) is 20.4 Å². The van der Waals surface area contributed by atoms with Gasteiger partial charge in [-0.25, -0.2) is 0 Å². The van der Waals surface area contributed by atoms with Gasteiger partial charge in [0, 0.05) is 11.6 Å². The Morgan fingerprint density at radius 2 is 1.81 bits per heavy atom. The molecule has 1 N–H and O–H groups in total. The molecule has 5 heteroatoms. The summed E-state index contributed by atoms with van der Waals surface area (Å²) in [6.45, 7) is 9.85. The van der Waals surface area contributed by atoms with Gasteiger partial charge in [-0.05, 0) is 30.2 Å². The fourth-order valence-electron chi connectivity index (χ4n) is 1.83. The Morgan fingerprint density at radius 1 is 1.24 bits per heavy atom. The van der Waals surface area contributed by atoms with Gasteiger partial charge in [-0.3, -0.25) is 0 Å². The predicted octanol–water partition coefficient (Wildman–Crippen LogP) is 3.58. The molecule has 1 aromatic rings.